The van der Waals surface area contributed by atoms with Crippen LogP contribution < -0.4 is 5.14 Å². The predicted molar refractivity (Wildman–Crippen MR) is 91.4 cm³/mol. The molecule has 4 heteroatoms. The number of hydrogen-bond donors (Lipinski definition) is 1. The number of benzene rings is 3. The van der Waals surface area contributed by atoms with Crippen molar-refractivity contribution in [2.24, 2.45) is 5.14 Å². The van der Waals surface area contributed by atoms with Gasteiger partial charge in [-0.2, -0.15) is 0 Å². The lowest BCUT2D eigenvalue weighted by Crippen LogP contribution is -2.12. The van der Waals surface area contributed by atoms with Crippen LogP contribution in [-0.2, 0) is 16.7 Å². The van der Waals surface area contributed by atoms with Crippen LogP contribution in [0.1, 0.15) is 22.3 Å². The van der Waals surface area contributed by atoms with Crippen molar-refractivity contribution in [3.63, 3.8) is 0 Å². The maximum Gasteiger partial charge on any atom is 0.0708 e. The van der Waals surface area contributed by atoms with Crippen LogP contribution in [0.25, 0.3) is 0 Å². The van der Waals surface area contributed by atoms with Gasteiger partial charge in [0.1, 0.15) is 0 Å². The van der Waals surface area contributed by atoms with Gasteiger partial charge < -0.3 is 4.55 Å². The van der Waals surface area contributed by atoms with Gasteiger partial charge in [-0.05, 0) is 22.3 Å². The normalized spacial score (nSPS) is 14.9. The van der Waals surface area contributed by atoms with Crippen molar-refractivity contribution in [1.29, 1.82) is 0 Å². The van der Waals surface area contributed by atoms with Crippen LogP contribution in [0.4, 0.5) is 0 Å². The average molecular weight is 322 g/mol. The highest BCUT2D eigenvalue weighted by molar-refractivity contribution is 7.76. The molecule has 0 bridgehead atoms. The molecule has 1 aliphatic rings. The second-order valence-electron chi connectivity index (χ2n) is 5.29. The molecule has 1 unspecified atom stereocenters. The molecule has 3 aromatic rings. The van der Waals surface area contributed by atoms with E-state index in [1.54, 1.807) is 0 Å². The van der Waals surface area contributed by atoms with Gasteiger partial charge in [-0.25, -0.2) is 0 Å². The monoisotopic (exact) mass is 322 g/mol. The molecule has 3 nitrogen and oxygen atoms in total. The lowest BCUT2D eigenvalue weighted by molar-refractivity contribution is 0.539. The van der Waals surface area contributed by atoms with Crippen LogP contribution in [-0.4, -0.2) is 8.76 Å². The first kappa shape index (κ1) is 15.6. The Labute approximate surface area is 138 Å². The minimum atomic E-state index is -2.36. The van der Waals surface area contributed by atoms with Crippen molar-refractivity contribution in [3.05, 3.63) is 107 Å². The van der Waals surface area contributed by atoms with E-state index >= 15 is 0 Å². The summed E-state index contributed by atoms with van der Waals surface area (Å²) < 4.78 is 17.6. The zero-order valence-corrected chi connectivity index (χ0v) is 13.2. The van der Waals surface area contributed by atoms with E-state index in [2.05, 4.69) is 90.1 Å². The molecular formula is C19H16NO2S-. The number of fused-ring (bicyclic) bond motifs is 1. The van der Waals surface area contributed by atoms with Crippen molar-refractivity contribution in [3.8, 4) is 0 Å². The molecule has 0 saturated carbocycles. The van der Waals surface area contributed by atoms with Gasteiger partial charge in [0.15, 0.2) is 0 Å². The third-order valence-electron chi connectivity index (χ3n) is 4.09. The molecule has 116 valence electrons. The Hall–Kier alpha value is -2.27. The number of rotatable bonds is 2. The second kappa shape index (κ2) is 6.46. The van der Waals surface area contributed by atoms with E-state index in [9.17, 15) is 0 Å². The van der Waals surface area contributed by atoms with Crippen LogP contribution in [0.3, 0.4) is 0 Å². The van der Waals surface area contributed by atoms with Gasteiger partial charge >= 0.3 is 0 Å². The van der Waals surface area contributed by atoms with Crippen LogP contribution in [0, 0.1) is 0 Å². The SMILES string of the molecule is NS(=O)[O-].c1ccc(C2(c3ccccc3)c3ccccc32)cc1. The summed E-state index contributed by atoms with van der Waals surface area (Å²) in [5.41, 5.74) is 5.59. The van der Waals surface area contributed by atoms with Crippen molar-refractivity contribution < 1.29 is 8.76 Å². The highest BCUT2D eigenvalue weighted by Gasteiger charge is 2.52. The van der Waals surface area contributed by atoms with Crippen LogP contribution in [0.2, 0.25) is 0 Å². The largest absolute Gasteiger partial charge is 0.760 e. The van der Waals surface area contributed by atoms with Gasteiger partial charge in [0.2, 0.25) is 0 Å². The Bertz CT molecular complexity index is 751. The van der Waals surface area contributed by atoms with Gasteiger partial charge in [0.05, 0.1) is 5.41 Å². The van der Waals surface area contributed by atoms with E-state index < -0.39 is 11.3 Å². The lowest BCUT2D eigenvalue weighted by Gasteiger charge is -2.17. The Morgan fingerprint density at radius 2 is 1.00 bits per heavy atom. The molecule has 4 rings (SSSR count). The Morgan fingerprint density at radius 3 is 1.35 bits per heavy atom. The van der Waals surface area contributed by atoms with Crippen LogP contribution in [0.5, 0.6) is 0 Å². The fourth-order valence-corrected chi connectivity index (χ4v) is 3.22. The molecule has 2 N–H and O–H groups in total. The summed E-state index contributed by atoms with van der Waals surface area (Å²) in [7, 11) is 0. The molecule has 1 atom stereocenters. The van der Waals surface area contributed by atoms with Crippen LogP contribution in [0.15, 0.2) is 84.9 Å². The zero-order valence-electron chi connectivity index (χ0n) is 12.4. The van der Waals surface area contributed by atoms with E-state index in [0.29, 0.717) is 0 Å². The maximum atomic E-state index is 8.78. The molecule has 23 heavy (non-hydrogen) atoms. The van der Waals surface area contributed by atoms with Crippen molar-refractivity contribution in [1.82, 2.24) is 0 Å². The standard InChI is InChI=1S/C19H14.H3NO2S/c1-3-9-15(10-4-1)19(16-11-5-2-6-12-16)17-13-7-8-14-18(17)19;1-4(2)3/h1-14H;1H2,(H,2,3)/p-1. The zero-order chi connectivity index (χ0) is 16.3. The van der Waals surface area contributed by atoms with Gasteiger partial charge in [0, 0.05) is 11.3 Å². The topological polar surface area (TPSA) is 66.2 Å². The Morgan fingerprint density at radius 1 is 0.696 bits per heavy atom. The van der Waals surface area contributed by atoms with Crippen molar-refractivity contribution in [2.45, 2.75) is 5.41 Å². The first-order valence-corrected chi connectivity index (χ1v) is 8.36. The number of nitrogens with two attached hydrogens (primary N) is 1. The number of hydrogen-bond acceptors (Lipinski definition) is 2. The average Bonchev–Trinajstić information content (AvgIpc) is 3.26. The fraction of sp³-hybridized carbons (Fsp3) is 0.0526. The third-order valence-corrected chi connectivity index (χ3v) is 4.09. The highest BCUT2D eigenvalue weighted by Crippen LogP contribution is 2.58. The molecule has 3 aromatic carbocycles. The van der Waals surface area contributed by atoms with Crippen molar-refractivity contribution >= 4 is 11.3 Å². The lowest BCUT2D eigenvalue weighted by atomic mass is 9.84. The molecule has 0 radical (unpaired) electrons. The van der Waals surface area contributed by atoms with Gasteiger partial charge in [-0.15, -0.1) is 0 Å². The minimum Gasteiger partial charge on any atom is -0.760 e. The first-order valence-electron chi connectivity index (χ1n) is 7.22. The van der Waals surface area contributed by atoms with E-state index in [1.165, 1.54) is 22.3 Å². The summed E-state index contributed by atoms with van der Waals surface area (Å²) in [6.45, 7) is 0. The summed E-state index contributed by atoms with van der Waals surface area (Å²) in [5.74, 6) is 0. The minimum absolute atomic E-state index is 0.00792. The van der Waals surface area contributed by atoms with E-state index in [-0.39, 0.29) is 5.41 Å². The summed E-state index contributed by atoms with van der Waals surface area (Å²) >= 11 is -2.36. The van der Waals surface area contributed by atoms with Crippen LogP contribution >= 0.6 is 0 Å². The van der Waals surface area contributed by atoms with Crippen molar-refractivity contribution in [2.75, 3.05) is 0 Å². The summed E-state index contributed by atoms with van der Waals surface area (Å²) in [4.78, 5) is 0. The van der Waals surface area contributed by atoms with E-state index in [1.807, 2.05) is 0 Å². The summed E-state index contributed by atoms with van der Waals surface area (Å²) in [5, 5.41) is 4.03. The second-order valence-corrected chi connectivity index (χ2v) is 5.81. The molecule has 0 heterocycles. The van der Waals surface area contributed by atoms with Gasteiger partial charge in [-0.1, -0.05) is 84.9 Å². The Kier molecular flexibility index (Phi) is 4.39. The molecule has 0 aliphatic heterocycles. The first-order chi connectivity index (χ1) is 11.2. The quantitative estimate of drug-likeness (QED) is 0.576. The van der Waals surface area contributed by atoms with E-state index in [0.717, 1.165) is 0 Å². The van der Waals surface area contributed by atoms with Gasteiger partial charge in [0.25, 0.3) is 0 Å². The molecule has 0 amide bonds. The van der Waals surface area contributed by atoms with Gasteiger partial charge in [-0.3, -0.25) is 9.35 Å². The highest BCUT2D eigenvalue weighted by atomic mass is 32.2. The van der Waals surface area contributed by atoms with E-state index in [4.69, 9.17) is 8.76 Å². The molecular weight excluding hydrogens is 306 g/mol. The molecule has 0 fully saturated rings. The summed E-state index contributed by atoms with van der Waals surface area (Å²) in [6.07, 6.45) is 0. The summed E-state index contributed by atoms with van der Waals surface area (Å²) in [6, 6.07) is 30.3. The maximum absolute atomic E-state index is 8.78. The smallest absolute Gasteiger partial charge is 0.0708 e. The molecule has 0 saturated heterocycles. The fourth-order valence-electron chi connectivity index (χ4n) is 3.22. The molecule has 0 spiro atoms. The molecule has 1 aliphatic carbocycles. The third kappa shape index (κ3) is 2.84. The predicted octanol–water partition coefficient (Wildman–Crippen LogP) is 3.12. The molecule has 0 aromatic heterocycles. The Balaban J connectivity index is 0.000000354.